The Morgan fingerprint density at radius 1 is 1.00 bits per heavy atom. The standard InChI is InChI=1S/C18H20FNO3/c1-12(14-4-6-15(19)7-5-14)20-18(21)13(2)23-17-10-8-16(22-3)9-11-17/h4-13H,1-3H3,(H,20,21)/t12-,13+/m0/s1. The fourth-order valence-corrected chi connectivity index (χ4v) is 2.08. The van der Waals surface area contributed by atoms with Crippen molar-refractivity contribution in [2.45, 2.75) is 26.0 Å². The minimum Gasteiger partial charge on any atom is -0.497 e. The van der Waals surface area contributed by atoms with Gasteiger partial charge in [-0.3, -0.25) is 4.79 Å². The Kier molecular flexibility index (Phi) is 5.57. The smallest absolute Gasteiger partial charge is 0.261 e. The maximum absolute atomic E-state index is 12.9. The van der Waals surface area contributed by atoms with Crippen molar-refractivity contribution in [2.75, 3.05) is 7.11 Å². The maximum Gasteiger partial charge on any atom is 0.261 e. The number of halogens is 1. The van der Waals surface area contributed by atoms with Crippen molar-refractivity contribution in [1.29, 1.82) is 0 Å². The Balaban J connectivity index is 1.92. The van der Waals surface area contributed by atoms with Crippen molar-refractivity contribution in [3.63, 3.8) is 0 Å². The van der Waals surface area contributed by atoms with E-state index in [2.05, 4.69) is 5.32 Å². The van der Waals surface area contributed by atoms with E-state index in [-0.39, 0.29) is 17.8 Å². The van der Waals surface area contributed by atoms with E-state index < -0.39 is 6.10 Å². The van der Waals surface area contributed by atoms with Gasteiger partial charge in [-0.05, 0) is 55.8 Å². The van der Waals surface area contributed by atoms with Gasteiger partial charge < -0.3 is 14.8 Å². The fraction of sp³-hybridized carbons (Fsp3) is 0.278. The van der Waals surface area contributed by atoms with Crippen LogP contribution in [0.25, 0.3) is 0 Å². The molecule has 2 rings (SSSR count). The number of methoxy groups -OCH3 is 1. The minimum atomic E-state index is -0.647. The van der Waals surface area contributed by atoms with Crippen molar-refractivity contribution in [1.82, 2.24) is 5.32 Å². The molecule has 0 aliphatic carbocycles. The van der Waals surface area contributed by atoms with Gasteiger partial charge in [-0.1, -0.05) is 12.1 Å². The molecule has 1 amide bonds. The van der Waals surface area contributed by atoms with Crippen molar-refractivity contribution >= 4 is 5.91 Å². The quantitative estimate of drug-likeness (QED) is 0.887. The fourth-order valence-electron chi connectivity index (χ4n) is 2.08. The van der Waals surface area contributed by atoms with Gasteiger partial charge in [0.05, 0.1) is 13.2 Å². The van der Waals surface area contributed by atoms with Gasteiger partial charge in [-0.15, -0.1) is 0 Å². The Bertz CT molecular complexity index is 640. The summed E-state index contributed by atoms with van der Waals surface area (Å²) in [6.07, 6.45) is -0.647. The summed E-state index contributed by atoms with van der Waals surface area (Å²) < 4.78 is 23.6. The van der Waals surface area contributed by atoms with Gasteiger partial charge >= 0.3 is 0 Å². The Morgan fingerprint density at radius 2 is 1.57 bits per heavy atom. The third-order valence-electron chi connectivity index (χ3n) is 3.47. The molecule has 5 heteroatoms. The lowest BCUT2D eigenvalue weighted by molar-refractivity contribution is -0.127. The number of ether oxygens (including phenoxy) is 2. The zero-order valence-electron chi connectivity index (χ0n) is 13.4. The molecule has 0 aromatic heterocycles. The number of carbonyl (C=O) groups is 1. The summed E-state index contributed by atoms with van der Waals surface area (Å²) >= 11 is 0. The summed E-state index contributed by atoms with van der Waals surface area (Å²) in [6.45, 7) is 3.52. The summed E-state index contributed by atoms with van der Waals surface area (Å²) in [5.74, 6) is 0.767. The average molecular weight is 317 g/mol. The second-order valence-corrected chi connectivity index (χ2v) is 5.22. The third-order valence-corrected chi connectivity index (χ3v) is 3.47. The van der Waals surface area contributed by atoms with Crippen molar-refractivity contribution in [3.8, 4) is 11.5 Å². The first-order valence-electron chi connectivity index (χ1n) is 7.36. The van der Waals surface area contributed by atoms with Crippen LogP contribution >= 0.6 is 0 Å². The van der Waals surface area contributed by atoms with Crippen molar-refractivity contribution in [2.24, 2.45) is 0 Å². The predicted octanol–water partition coefficient (Wildman–Crippen LogP) is 3.48. The lowest BCUT2D eigenvalue weighted by Gasteiger charge is -2.19. The molecule has 2 aromatic rings. The van der Waals surface area contributed by atoms with E-state index in [1.807, 2.05) is 6.92 Å². The van der Waals surface area contributed by atoms with Gasteiger partial charge in [0.2, 0.25) is 0 Å². The molecular formula is C18H20FNO3. The molecular weight excluding hydrogens is 297 g/mol. The van der Waals surface area contributed by atoms with Gasteiger partial charge in [0.1, 0.15) is 17.3 Å². The van der Waals surface area contributed by atoms with Crippen LogP contribution in [0.2, 0.25) is 0 Å². The van der Waals surface area contributed by atoms with Crippen LogP contribution in [0.3, 0.4) is 0 Å². The summed E-state index contributed by atoms with van der Waals surface area (Å²) in [5.41, 5.74) is 0.830. The van der Waals surface area contributed by atoms with E-state index >= 15 is 0 Å². The molecule has 1 N–H and O–H groups in total. The molecule has 0 saturated heterocycles. The number of nitrogens with one attached hydrogen (secondary N) is 1. The summed E-state index contributed by atoms with van der Waals surface area (Å²) in [6, 6.07) is 12.8. The van der Waals surface area contributed by atoms with Gasteiger partial charge in [-0.25, -0.2) is 4.39 Å². The summed E-state index contributed by atoms with van der Waals surface area (Å²) in [4.78, 5) is 12.2. The Morgan fingerprint density at radius 3 is 2.13 bits per heavy atom. The topological polar surface area (TPSA) is 47.6 Å². The Hall–Kier alpha value is -2.56. The molecule has 2 atom stereocenters. The second kappa shape index (κ2) is 7.63. The lowest BCUT2D eigenvalue weighted by Crippen LogP contribution is -2.37. The van der Waals surface area contributed by atoms with E-state index in [4.69, 9.17) is 9.47 Å². The van der Waals surface area contributed by atoms with Crippen LogP contribution in [0.4, 0.5) is 4.39 Å². The number of hydrogen-bond donors (Lipinski definition) is 1. The van der Waals surface area contributed by atoms with Crippen LogP contribution in [-0.4, -0.2) is 19.1 Å². The van der Waals surface area contributed by atoms with Crippen LogP contribution in [-0.2, 0) is 4.79 Å². The van der Waals surface area contributed by atoms with E-state index in [0.29, 0.717) is 5.75 Å². The van der Waals surface area contributed by atoms with E-state index in [1.165, 1.54) is 12.1 Å². The number of benzene rings is 2. The molecule has 0 aliphatic heterocycles. The SMILES string of the molecule is COc1ccc(O[C@H](C)C(=O)N[C@@H](C)c2ccc(F)cc2)cc1. The minimum absolute atomic E-state index is 0.231. The van der Waals surface area contributed by atoms with Crippen LogP contribution in [0.5, 0.6) is 11.5 Å². The first kappa shape index (κ1) is 16.8. The van der Waals surface area contributed by atoms with Crippen LogP contribution in [0, 0.1) is 5.82 Å². The van der Waals surface area contributed by atoms with E-state index in [9.17, 15) is 9.18 Å². The molecule has 2 aromatic carbocycles. The lowest BCUT2D eigenvalue weighted by atomic mass is 10.1. The predicted molar refractivity (Wildman–Crippen MR) is 86.0 cm³/mol. The van der Waals surface area contributed by atoms with E-state index in [0.717, 1.165) is 11.3 Å². The second-order valence-electron chi connectivity index (χ2n) is 5.22. The van der Waals surface area contributed by atoms with Crippen LogP contribution in [0.15, 0.2) is 48.5 Å². The van der Waals surface area contributed by atoms with Gasteiger partial charge in [0, 0.05) is 0 Å². The highest BCUT2D eigenvalue weighted by Crippen LogP contribution is 2.19. The molecule has 23 heavy (non-hydrogen) atoms. The van der Waals surface area contributed by atoms with Gasteiger partial charge in [0.25, 0.3) is 5.91 Å². The monoisotopic (exact) mass is 317 g/mol. The summed E-state index contributed by atoms with van der Waals surface area (Å²) in [5, 5.41) is 2.85. The molecule has 0 bridgehead atoms. The highest BCUT2D eigenvalue weighted by Gasteiger charge is 2.17. The largest absolute Gasteiger partial charge is 0.497 e. The number of rotatable bonds is 6. The third kappa shape index (κ3) is 4.71. The van der Waals surface area contributed by atoms with Crippen LogP contribution in [0.1, 0.15) is 25.5 Å². The number of amides is 1. The van der Waals surface area contributed by atoms with Crippen LogP contribution < -0.4 is 14.8 Å². The maximum atomic E-state index is 12.9. The number of hydrogen-bond acceptors (Lipinski definition) is 3. The highest BCUT2D eigenvalue weighted by atomic mass is 19.1. The molecule has 0 heterocycles. The highest BCUT2D eigenvalue weighted by molar-refractivity contribution is 5.81. The average Bonchev–Trinajstić information content (AvgIpc) is 2.56. The van der Waals surface area contributed by atoms with Crippen molar-refractivity contribution < 1.29 is 18.7 Å². The first-order valence-corrected chi connectivity index (χ1v) is 7.36. The molecule has 0 aliphatic rings. The zero-order chi connectivity index (χ0) is 16.8. The Labute approximate surface area is 135 Å². The van der Waals surface area contributed by atoms with E-state index in [1.54, 1.807) is 50.4 Å². The van der Waals surface area contributed by atoms with Crippen molar-refractivity contribution in [3.05, 3.63) is 59.9 Å². The molecule has 0 spiro atoms. The zero-order valence-corrected chi connectivity index (χ0v) is 13.4. The summed E-state index contributed by atoms with van der Waals surface area (Å²) in [7, 11) is 1.59. The molecule has 0 saturated carbocycles. The molecule has 122 valence electrons. The molecule has 4 nitrogen and oxygen atoms in total. The molecule has 0 fully saturated rings. The molecule has 0 unspecified atom stereocenters. The van der Waals surface area contributed by atoms with Gasteiger partial charge in [-0.2, -0.15) is 0 Å². The first-order chi connectivity index (χ1) is 11.0. The normalized spacial score (nSPS) is 13.0. The molecule has 0 radical (unpaired) electrons. The van der Waals surface area contributed by atoms with Gasteiger partial charge in [0.15, 0.2) is 6.10 Å². The number of carbonyl (C=O) groups excluding carboxylic acids is 1.